The quantitative estimate of drug-likeness (QED) is 0.103. The Balaban J connectivity index is 0.000000169. The minimum Gasteiger partial charge on any atom is -0.486 e. The molecule has 12 bridgehead atoms. The first-order valence-corrected chi connectivity index (χ1v) is 37.9. The van der Waals surface area contributed by atoms with Crippen LogP contribution in [0.2, 0.25) is 0 Å². The monoisotopic (exact) mass is 1190 g/mol. The fraction of sp³-hybridized carbons (Fsp3) is 0.704. The third-order valence-corrected chi connectivity index (χ3v) is 23.5. The zero-order chi connectivity index (χ0) is 59.9. The van der Waals surface area contributed by atoms with Crippen LogP contribution >= 0.6 is 0 Å². The summed E-state index contributed by atoms with van der Waals surface area (Å²) in [4.78, 5) is 41.8. The molecule has 0 aliphatic heterocycles. The predicted molar refractivity (Wildman–Crippen MR) is 345 cm³/mol. The van der Waals surface area contributed by atoms with Crippen LogP contribution in [0.25, 0.3) is 0 Å². The number of ketones is 1. The Morgan fingerprint density at radius 3 is 1.16 bits per heavy atom. The maximum atomic E-state index is 13.2. The second kappa shape index (κ2) is 27.6. The van der Waals surface area contributed by atoms with E-state index in [9.17, 15) is 14.4 Å². The Morgan fingerprint density at radius 1 is 0.415 bits per heavy atom. The van der Waals surface area contributed by atoms with E-state index in [4.69, 9.17) is 23.7 Å². The molecule has 6 atom stereocenters. The smallest absolute Gasteiger partial charge is 0.344 e. The number of ether oxygens (including phenoxy) is 5. The first-order chi connectivity index (χ1) is 38.9. The van der Waals surface area contributed by atoms with Crippen LogP contribution in [0.3, 0.4) is 0 Å². The average molecular weight is 1190 g/mol. The van der Waals surface area contributed by atoms with Gasteiger partial charge in [0.1, 0.15) is 67.0 Å². The van der Waals surface area contributed by atoms with Crippen LogP contribution in [-0.4, -0.2) is 87.3 Å². The molecule has 456 valence electrons. The van der Waals surface area contributed by atoms with Crippen molar-refractivity contribution in [1.82, 2.24) is 0 Å². The molecule has 3 aromatic rings. The molecular formula is C71H109O8S3+3. The number of hydrogen-bond acceptors (Lipinski definition) is 8. The van der Waals surface area contributed by atoms with Crippen molar-refractivity contribution in [3.8, 4) is 17.2 Å². The summed E-state index contributed by atoms with van der Waals surface area (Å²) in [5, 5.41) is 0. The summed E-state index contributed by atoms with van der Waals surface area (Å²) in [7, 11) is 0.742. The van der Waals surface area contributed by atoms with Gasteiger partial charge < -0.3 is 23.7 Å². The van der Waals surface area contributed by atoms with Gasteiger partial charge in [-0.3, -0.25) is 4.79 Å². The molecule has 0 amide bonds. The van der Waals surface area contributed by atoms with E-state index in [2.05, 4.69) is 102 Å². The second-order valence-electron chi connectivity index (χ2n) is 28.4. The lowest BCUT2D eigenvalue weighted by Gasteiger charge is -2.64. The molecule has 12 saturated carbocycles. The normalized spacial score (nSPS) is 34.1. The molecule has 15 rings (SSSR count). The van der Waals surface area contributed by atoms with E-state index in [1.54, 1.807) is 0 Å². The number of hydrogen-bond donors (Lipinski definition) is 0. The first-order valence-electron chi connectivity index (χ1n) is 31.7. The van der Waals surface area contributed by atoms with Crippen LogP contribution in [0.15, 0.2) is 87.5 Å². The van der Waals surface area contributed by atoms with Crippen LogP contribution in [0, 0.1) is 62.1 Å². The molecule has 12 fully saturated rings. The highest BCUT2D eigenvalue weighted by molar-refractivity contribution is 7.96. The van der Waals surface area contributed by atoms with E-state index in [1.807, 2.05) is 77.9 Å². The largest absolute Gasteiger partial charge is 0.486 e. The zero-order valence-electron chi connectivity index (χ0n) is 53.9. The number of Topliss-reactive ketones (excluding diaryl/α,β-unsaturated/α-hetero) is 1. The molecule has 6 unspecified atom stereocenters. The summed E-state index contributed by atoms with van der Waals surface area (Å²) in [6.45, 7) is 22.5. The maximum Gasteiger partial charge on any atom is 0.344 e. The highest BCUT2D eigenvalue weighted by atomic mass is 32.2. The van der Waals surface area contributed by atoms with Gasteiger partial charge in [0.05, 0.1) is 6.61 Å². The lowest BCUT2D eigenvalue weighted by Crippen LogP contribution is -2.58. The second-order valence-corrected chi connectivity index (χ2v) is 34.7. The Morgan fingerprint density at radius 2 is 0.780 bits per heavy atom. The number of rotatable bonds is 16. The molecule has 0 heterocycles. The lowest BCUT2D eigenvalue weighted by molar-refractivity contribution is -0.200. The Kier molecular flexibility index (Phi) is 22.3. The number of carbonyl (C=O) groups excluding carboxylic acids is 3. The molecule has 0 spiro atoms. The van der Waals surface area contributed by atoms with E-state index >= 15 is 0 Å². The van der Waals surface area contributed by atoms with Crippen molar-refractivity contribution >= 4 is 50.4 Å². The average Bonchev–Trinajstić information content (AvgIpc) is 3.42. The van der Waals surface area contributed by atoms with Gasteiger partial charge in [-0.1, -0.05) is 69.2 Å². The minimum absolute atomic E-state index is 0.00349. The number of carbonyl (C=O) groups is 3. The Labute approximate surface area is 506 Å². The molecule has 82 heavy (non-hydrogen) atoms. The first kappa shape index (κ1) is 66.2. The molecule has 0 aromatic heterocycles. The molecule has 0 radical (unpaired) electrons. The maximum absolute atomic E-state index is 13.2. The van der Waals surface area contributed by atoms with Crippen molar-refractivity contribution in [2.45, 2.75) is 205 Å². The molecular weight excluding hydrogens is 1080 g/mol. The van der Waals surface area contributed by atoms with Crippen LogP contribution in [0.1, 0.15) is 185 Å². The van der Waals surface area contributed by atoms with Crippen molar-refractivity contribution in [2.24, 2.45) is 62.1 Å². The van der Waals surface area contributed by atoms with Crippen LogP contribution in [0.5, 0.6) is 17.2 Å². The van der Waals surface area contributed by atoms with Crippen LogP contribution < -0.4 is 14.2 Å². The fourth-order valence-corrected chi connectivity index (χ4v) is 21.2. The van der Waals surface area contributed by atoms with Crippen molar-refractivity contribution in [3.05, 3.63) is 72.8 Å². The van der Waals surface area contributed by atoms with Gasteiger partial charge >= 0.3 is 11.9 Å². The molecule has 3 aromatic carbocycles. The van der Waals surface area contributed by atoms with Gasteiger partial charge in [-0.05, 0) is 240 Å². The third kappa shape index (κ3) is 16.4. The van der Waals surface area contributed by atoms with E-state index in [1.165, 1.54) is 91.7 Å². The molecule has 0 N–H and O–H groups in total. The van der Waals surface area contributed by atoms with Crippen LogP contribution in [0.4, 0.5) is 0 Å². The summed E-state index contributed by atoms with van der Waals surface area (Å²) in [6, 6.07) is 24.3. The third-order valence-electron chi connectivity index (χ3n) is 19.8. The SMILES string of the molecule is CC.CC.CC.C[S+](C)c1ccc(OCC(=O)C23CC4CC(C)(CC(C)(C4)C2)C3)cc1.C[S+](C)c1ccc(OCC(=O)OC23CC4CC(CC(C)(C4)C2)C3)cc1.C[S+](C)c1ccc(OCC(=O)OCC23CC4CC(CC(C)(C4)C2)C3)cc1. The zero-order valence-corrected chi connectivity index (χ0v) is 56.3. The molecule has 11 heteroatoms. The van der Waals surface area contributed by atoms with Gasteiger partial charge in [0.15, 0.2) is 33.7 Å². The molecule has 0 saturated heterocycles. The molecule has 12 aliphatic rings. The highest BCUT2D eigenvalue weighted by Crippen LogP contribution is 2.70. The van der Waals surface area contributed by atoms with Crippen molar-refractivity contribution in [3.63, 3.8) is 0 Å². The molecule has 8 nitrogen and oxygen atoms in total. The highest BCUT2D eigenvalue weighted by Gasteiger charge is 2.63. The summed E-state index contributed by atoms with van der Waals surface area (Å²) >= 11 is 0. The van der Waals surface area contributed by atoms with E-state index in [0.29, 0.717) is 34.1 Å². The van der Waals surface area contributed by atoms with Gasteiger partial charge in [-0.15, -0.1) is 0 Å². The number of esters is 2. The fourth-order valence-electron chi connectivity index (χ4n) is 19.2. The summed E-state index contributed by atoms with van der Waals surface area (Å²) in [5.74, 6) is 6.18. The Hall–Kier alpha value is -3.28. The van der Waals surface area contributed by atoms with Gasteiger partial charge in [0.25, 0.3) is 0 Å². The van der Waals surface area contributed by atoms with Gasteiger partial charge in [-0.2, -0.15) is 0 Å². The summed E-state index contributed by atoms with van der Waals surface area (Å²) in [5.41, 5.74) is 1.57. The van der Waals surface area contributed by atoms with Crippen LogP contribution in [-0.2, 0) is 56.5 Å². The van der Waals surface area contributed by atoms with Crippen molar-refractivity contribution < 1.29 is 38.1 Å². The minimum atomic E-state index is -0.235. The van der Waals surface area contributed by atoms with Crippen molar-refractivity contribution in [1.29, 1.82) is 0 Å². The van der Waals surface area contributed by atoms with Crippen molar-refractivity contribution in [2.75, 3.05) is 64.0 Å². The molecule has 12 aliphatic carbocycles. The summed E-state index contributed by atoms with van der Waals surface area (Å²) in [6.07, 6.45) is 35.5. The van der Waals surface area contributed by atoms with E-state index in [-0.39, 0.29) is 80.9 Å². The van der Waals surface area contributed by atoms with Gasteiger partial charge in [0.2, 0.25) is 0 Å². The van der Waals surface area contributed by atoms with Gasteiger partial charge in [-0.25, -0.2) is 9.59 Å². The topological polar surface area (TPSA) is 97.4 Å². The van der Waals surface area contributed by atoms with E-state index < -0.39 is 0 Å². The summed E-state index contributed by atoms with van der Waals surface area (Å²) < 4.78 is 28.9. The number of benzene rings is 3. The standard InChI is InChI=1S/C22H31O3S.C22H31O2S.C21H29O3S.3C2H6/c1-21-9-16-8-17(10-21)12-22(11-16,14-21)15-25-20(23)13-24-18-4-6-19(7-5-18)26(2)3;1-20-9-16-10-21(2,13-20)15-22(11-16,14-20)19(23)12-24-17-5-7-18(8-6-17)25(3)4;1-20-9-15-8-16(10-20)12-21(11-15,14-20)24-19(22)13-23-17-4-6-18(7-5-17)25(2)3;3*1-2/h4-7,16-17H,8-15H2,1-3H3;5-8,16H,9-15H2,1-4H3;4-7,15-16H,8-14H2,1-3H3;3*1-2H3/q3*+1;;;. The Bertz CT molecular complexity index is 2510. The van der Waals surface area contributed by atoms with E-state index in [0.717, 1.165) is 85.4 Å². The predicted octanol–water partition coefficient (Wildman–Crippen LogP) is 16.6. The lowest BCUT2D eigenvalue weighted by atomic mass is 9.39. The van der Waals surface area contributed by atoms with Gasteiger partial charge in [0, 0.05) is 43.5 Å².